The van der Waals surface area contributed by atoms with E-state index in [2.05, 4.69) is 32.7 Å². The molecular formula is C11H21NO. The highest BCUT2D eigenvalue weighted by molar-refractivity contribution is 5.82. The second-order valence-electron chi connectivity index (χ2n) is 4.29. The summed E-state index contributed by atoms with van der Waals surface area (Å²) in [7, 11) is 0. The minimum atomic E-state index is 0.245. The minimum absolute atomic E-state index is 0.245. The number of aliphatic imine (C=N–C) groups is 1. The maximum Gasteiger partial charge on any atom is 0.154 e. The van der Waals surface area contributed by atoms with E-state index in [0.717, 1.165) is 6.42 Å². The first-order valence-corrected chi connectivity index (χ1v) is 5.02. The van der Waals surface area contributed by atoms with Gasteiger partial charge in [0.1, 0.15) is 0 Å². The maximum atomic E-state index is 11.2. The van der Waals surface area contributed by atoms with E-state index in [1.807, 2.05) is 6.21 Å². The Labute approximate surface area is 81.4 Å². The standard InChI is InChI=1S/C11H21NO/c1-9(2)5-6-12-8-11(13)7-10(3)4/h6,9-10H,5,7-8H2,1-4H3. The van der Waals surface area contributed by atoms with Gasteiger partial charge < -0.3 is 0 Å². The molecule has 0 atom stereocenters. The Morgan fingerprint density at radius 1 is 1.23 bits per heavy atom. The molecule has 0 aromatic carbocycles. The predicted octanol–water partition coefficient (Wildman–Crippen LogP) is 2.72. The average molecular weight is 183 g/mol. The third-order valence-corrected chi connectivity index (χ3v) is 1.61. The van der Waals surface area contributed by atoms with Crippen LogP contribution in [0.1, 0.15) is 40.5 Å². The molecule has 0 saturated heterocycles. The highest BCUT2D eigenvalue weighted by Gasteiger charge is 2.02. The van der Waals surface area contributed by atoms with Crippen LogP contribution in [-0.2, 0) is 4.79 Å². The van der Waals surface area contributed by atoms with Crippen molar-refractivity contribution in [2.75, 3.05) is 6.54 Å². The quantitative estimate of drug-likeness (QED) is 0.582. The molecule has 2 heteroatoms. The predicted molar refractivity (Wildman–Crippen MR) is 57.3 cm³/mol. The monoisotopic (exact) mass is 183 g/mol. The SMILES string of the molecule is CC(C)CC=NCC(=O)CC(C)C. The summed E-state index contributed by atoms with van der Waals surface area (Å²) in [6.07, 6.45) is 3.48. The van der Waals surface area contributed by atoms with Crippen LogP contribution in [0.5, 0.6) is 0 Å². The van der Waals surface area contributed by atoms with Gasteiger partial charge in [0.15, 0.2) is 5.78 Å². The lowest BCUT2D eigenvalue weighted by molar-refractivity contribution is -0.118. The summed E-state index contributed by atoms with van der Waals surface area (Å²) >= 11 is 0. The van der Waals surface area contributed by atoms with Crippen LogP contribution in [-0.4, -0.2) is 18.5 Å². The van der Waals surface area contributed by atoms with Gasteiger partial charge in [-0.15, -0.1) is 0 Å². The molecule has 0 aliphatic rings. The fourth-order valence-corrected chi connectivity index (χ4v) is 0.972. The topological polar surface area (TPSA) is 29.4 Å². The fraction of sp³-hybridized carbons (Fsp3) is 0.818. The zero-order valence-corrected chi connectivity index (χ0v) is 9.21. The number of carbonyl (C=O) groups is 1. The minimum Gasteiger partial charge on any atom is -0.298 e. The van der Waals surface area contributed by atoms with E-state index in [-0.39, 0.29) is 5.78 Å². The number of rotatable bonds is 6. The third-order valence-electron chi connectivity index (χ3n) is 1.61. The van der Waals surface area contributed by atoms with E-state index >= 15 is 0 Å². The van der Waals surface area contributed by atoms with Gasteiger partial charge in [0.05, 0.1) is 6.54 Å². The molecule has 0 spiro atoms. The van der Waals surface area contributed by atoms with E-state index in [4.69, 9.17) is 0 Å². The molecule has 0 aromatic rings. The molecule has 0 bridgehead atoms. The third kappa shape index (κ3) is 9.25. The number of Topliss-reactive ketones (excluding diaryl/α,β-unsaturated/α-hetero) is 1. The van der Waals surface area contributed by atoms with Crippen molar-refractivity contribution in [3.8, 4) is 0 Å². The largest absolute Gasteiger partial charge is 0.298 e. The molecule has 0 unspecified atom stereocenters. The van der Waals surface area contributed by atoms with Gasteiger partial charge in [0.2, 0.25) is 0 Å². The van der Waals surface area contributed by atoms with Crippen LogP contribution < -0.4 is 0 Å². The molecule has 0 amide bonds. The van der Waals surface area contributed by atoms with Gasteiger partial charge in [0.25, 0.3) is 0 Å². The van der Waals surface area contributed by atoms with Crippen molar-refractivity contribution in [2.24, 2.45) is 16.8 Å². The first kappa shape index (κ1) is 12.3. The fourth-order valence-electron chi connectivity index (χ4n) is 0.972. The summed E-state index contributed by atoms with van der Waals surface area (Å²) in [5.41, 5.74) is 0. The Kier molecular flexibility index (Phi) is 6.47. The summed E-state index contributed by atoms with van der Waals surface area (Å²) in [5.74, 6) is 1.33. The van der Waals surface area contributed by atoms with Crippen molar-refractivity contribution in [3.63, 3.8) is 0 Å². The van der Waals surface area contributed by atoms with E-state index in [1.54, 1.807) is 0 Å². The summed E-state index contributed by atoms with van der Waals surface area (Å²) < 4.78 is 0. The smallest absolute Gasteiger partial charge is 0.154 e. The van der Waals surface area contributed by atoms with E-state index in [0.29, 0.717) is 24.8 Å². The van der Waals surface area contributed by atoms with Crippen molar-refractivity contribution in [1.82, 2.24) is 0 Å². The molecule has 0 aliphatic heterocycles. The van der Waals surface area contributed by atoms with Gasteiger partial charge in [-0.3, -0.25) is 9.79 Å². The van der Waals surface area contributed by atoms with Crippen molar-refractivity contribution in [3.05, 3.63) is 0 Å². The maximum absolute atomic E-state index is 11.2. The molecule has 0 fully saturated rings. The van der Waals surface area contributed by atoms with Gasteiger partial charge in [-0.1, -0.05) is 27.7 Å². The summed E-state index contributed by atoms with van der Waals surface area (Å²) in [5, 5.41) is 0. The molecule has 0 heterocycles. The molecule has 0 radical (unpaired) electrons. The highest BCUT2D eigenvalue weighted by atomic mass is 16.1. The van der Waals surface area contributed by atoms with Crippen LogP contribution in [0.2, 0.25) is 0 Å². The Morgan fingerprint density at radius 2 is 1.85 bits per heavy atom. The summed E-state index contributed by atoms with van der Waals surface area (Å²) in [6.45, 7) is 8.75. The van der Waals surface area contributed by atoms with Gasteiger partial charge in [-0.25, -0.2) is 0 Å². The van der Waals surface area contributed by atoms with Crippen molar-refractivity contribution in [1.29, 1.82) is 0 Å². The summed E-state index contributed by atoms with van der Waals surface area (Å²) in [6, 6.07) is 0. The van der Waals surface area contributed by atoms with Crippen molar-refractivity contribution in [2.45, 2.75) is 40.5 Å². The number of nitrogens with zero attached hydrogens (tertiary/aromatic N) is 1. The van der Waals surface area contributed by atoms with Gasteiger partial charge in [-0.05, 0) is 24.5 Å². The van der Waals surface area contributed by atoms with Crippen LogP contribution >= 0.6 is 0 Å². The first-order valence-electron chi connectivity index (χ1n) is 5.02. The second kappa shape index (κ2) is 6.81. The molecule has 0 rings (SSSR count). The lowest BCUT2D eigenvalue weighted by Gasteiger charge is -2.00. The van der Waals surface area contributed by atoms with Crippen LogP contribution in [0.15, 0.2) is 4.99 Å². The molecule has 0 N–H and O–H groups in total. The van der Waals surface area contributed by atoms with Gasteiger partial charge in [0, 0.05) is 6.42 Å². The number of ketones is 1. The van der Waals surface area contributed by atoms with E-state index < -0.39 is 0 Å². The Hall–Kier alpha value is -0.660. The lowest BCUT2D eigenvalue weighted by atomic mass is 10.1. The molecule has 13 heavy (non-hydrogen) atoms. The first-order chi connectivity index (χ1) is 6.02. The lowest BCUT2D eigenvalue weighted by Crippen LogP contribution is -2.06. The van der Waals surface area contributed by atoms with E-state index in [1.165, 1.54) is 0 Å². The van der Waals surface area contributed by atoms with Gasteiger partial charge in [-0.2, -0.15) is 0 Å². The Bertz CT molecular complexity index is 171. The van der Waals surface area contributed by atoms with Crippen LogP contribution in [0, 0.1) is 11.8 Å². The molecule has 76 valence electrons. The van der Waals surface area contributed by atoms with E-state index in [9.17, 15) is 4.79 Å². The number of carbonyl (C=O) groups excluding carboxylic acids is 1. The van der Waals surface area contributed by atoms with Crippen molar-refractivity contribution >= 4 is 12.0 Å². The Morgan fingerprint density at radius 3 is 2.31 bits per heavy atom. The van der Waals surface area contributed by atoms with Crippen molar-refractivity contribution < 1.29 is 4.79 Å². The van der Waals surface area contributed by atoms with Crippen LogP contribution in [0.4, 0.5) is 0 Å². The van der Waals surface area contributed by atoms with Crippen LogP contribution in [0.25, 0.3) is 0 Å². The van der Waals surface area contributed by atoms with Gasteiger partial charge >= 0.3 is 0 Å². The molecule has 0 aromatic heterocycles. The summed E-state index contributed by atoms with van der Waals surface area (Å²) in [4.78, 5) is 15.3. The Balaban J connectivity index is 3.52. The second-order valence-corrected chi connectivity index (χ2v) is 4.29. The average Bonchev–Trinajstić information content (AvgIpc) is 1.96. The zero-order chi connectivity index (χ0) is 10.3. The molecule has 0 saturated carbocycles. The molecule has 2 nitrogen and oxygen atoms in total. The number of hydrogen-bond donors (Lipinski definition) is 0. The van der Waals surface area contributed by atoms with Crippen LogP contribution in [0.3, 0.4) is 0 Å². The molecular weight excluding hydrogens is 162 g/mol. The number of hydrogen-bond acceptors (Lipinski definition) is 2. The molecule has 0 aliphatic carbocycles. The highest BCUT2D eigenvalue weighted by Crippen LogP contribution is 2.00. The zero-order valence-electron chi connectivity index (χ0n) is 9.21. The normalized spacial score (nSPS) is 11.8.